The number of aromatic nitrogens is 1. The number of fused-ring (bicyclic) bond motifs is 1. The van der Waals surface area contributed by atoms with E-state index < -0.39 is 5.54 Å². The van der Waals surface area contributed by atoms with Crippen LogP contribution >= 0.6 is 11.3 Å². The molecule has 5 rings (SSSR count). The monoisotopic (exact) mass is 422 g/mol. The lowest BCUT2D eigenvalue weighted by molar-refractivity contribution is -0.133. The van der Waals surface area contributed by atoms with Crippen LogP contribution in [-0.2, 0) is 17.9 Å². The number of H-pyrrole nitrogens is 1. The highest BCUT2D eigenvalue weighted by atomic mass is 32.1. The van der Waals surface area contributed by atoms with Crippen LogP contribution in [0.1, 0.15) is 31.0 Å². The van der Waals surface area contributed by atoms with Crippen molar-refractivity contribution < 1.29 is 9.59 Å². The minimum Gasteiger partial charge on any atom is -0.357 e. The molecule has 30 heavy (non-hydrogen) atoms. The van der Waals surface area contributed by atoms with Crippen molar-refractivity contribution in [2.45, 2.75) is 38.4 Å². The Kier molecular flexibility index (Phi) is 4.87. The zero-order valence-corrected chi connectivity index (χ0v) is 17.9. The summed E-state index contributed by atoms with van der Waals surface area (Å²) in [6.07, 6.45) is 1.80. The minimum absolute atomic E-state index is 0.0900. The van der Waals surface area contributed by atoms with Crippen molar-refractivity contribution in [1.82, 2.24) is 20.1 Å². The van der Waals surface area contributed by atoms with Crippen molar-refractivity contribution >= 4 is 34.2 Å². The molecule has 2 aliphatic heterocycles. The van der Waals surface area contributed by atoms with E-state index in [0.29, 0.717) is 6.54 Å². The van der Waals surface area contributed by atoms with E-state index in [1.807, 2.05) is 29.8 Å². The summed E-state index contributed by atoms with van der Waals surface area (Å²) in [6, 6.07) is 12.2. The average Bonchev–Trinajstić information content (AvgIpc) is 3.45. The molecular formula is C23H26N4O2S. The van der Waals surface area contributed by atoms with Crippen LogP contribution in [0.2, 0.25) is 0 Å². The van der Waals surface area contributed by atoms with Crippen LogP contribution in [-0.4, -0.2) is 45.4 Å². The predicted molar refractivity (Wildman–Crippen MR) is 118 cm³/mol. The zero-order valence-electron chi connectivity index (χ0n) is 17.1. The van der Waals surface area contributed by atoms with Gasteiger partial charge in [-0.15, -0.1) is 0 Å². The van der Waals surface area contributed by atoms with Crippen LogP contribution in [0.15, 0.2) is 47.2 Å². The quantitative estimate of drug-likeness (QED) is 0.612. The lowest BCUT2D eigenvalue weighted by Gasteiger charge is -2.38. The number of nitrogens with one attached hydrogen (secondary N) is 2. The fourth-order valence-corrected chi connectivity index (χ4v) is 5.49. The molecule has 0 unspecified atom stereocenters. The molecule has 2 aliphatic rings. The third-order valence-electron chi connectivity index (χ3n) is 6.61. The lowest BCUT2D eigenvalue weighted by atomic mass is 9.79. The van der Waals surface area contributed by atoms with Crippen LogP contribution < -0.4 is 5.32 Å². The molecule has 0 aliphatic carbocycles. The normalized spacial score (nSPS) is 23.4. The zero-order chi connectivity index (χ0) is 20.7. The number of urea groups is 1. The molecule has 6 nitrogen and oxygen atoms in total. The summed E-state index contributed by atoms with van der Waals surface area (Å²) in [4.78, 5) is 33.0. The Bertz CT molecular complexity index is 1040. The van der Waals surface area contributed by atoms with Crippen LogP contribution in [0.25, 0.3) is 10.9 Å². The highest BCUT2D eigenvalue weighted by molar-refractivity contribution is 7.07. The number of piperidine rings is 1. The van der Waals surface area contributed by atoms with E-state index in [0.717, 1.165) is 38.0 Å². The Balaban J connectivity index is 1.22. The molecule has 0 radical (unpaired) electrons. The van der Waals surface area contributed by atoms with Crippen LogP contribution in [0.3, 0.4) is 0 Å². The van der Waals surface area contributed by atoms with Crippen LogP contribution in [0, 0.1) is 5.92 Å². The van der Waals surface area contributed by atoms with Gasteiger partial charge in [0.1, 0.15) is 5.54 Å². The molecule has 2 saturated heterocycles. The number of carbonyl (C=O) groups excluding carboxylic acids is 2. The van der Waals surface area contributed by atoms with Gasteiger partial charge in [0.05, 0.1) is 6.54 Å². The van der Waals surface area contributed by atoms with Crippen molar-refractivity contribution in [3.05, 3.63) is 58.4 Å². The van der Waals surface area contributed by atoms with Crippen molar-refractivity contribution in [3.8, 4) is 0 Å². The smallest absolute Gasteiger partial charge is 0.325 e. The first-order valence-electron chi connectivity index (χ1n) is 10.5. The molecule has 1 aromatic carbocycles. The molecular weight excluding hydrogens is 396 g/mol. The average molecular weight is 423 g/mol. The van der Waals surface area contributed by atoms with E-state index in [2.05, 4.69) is 39.5 Å². The molecule has 3 amide bonds. The number of thiophene rings is 1. The molecule has 4 heterocycles. The summed E-state index contributed by atoms with van der Waals surface area (Å²) in [5.74, 6) is 0.0631. The van der Waals surface area contributed by atoms with Gasteiger partial charge in [0.2, 0.25) is 0 Å². The van der Waals surface area contributed by atoms with E-state index in [9.17, 15) is 9.59 Å². The fourth-order valence-electron chi connectivity index (χ4n) is 4.83. The molecule has 156 valence electrons. The summed E-state index contributed by atoms with van der Waals surface area (Å²) in [5.41, 5.74) is 2.58. The second kappa shape index (κ2) is 7.56. The molecule has 0 spiro atoms. The van der Waals surface area contributed by atoms with Gasteiger partial charge < -0.3 is 10.3 Å². The molecule has 3 aromatic rings. The topological polar surface area (TPSA) is 68.4 Å². The summed E-state index contributed by atoms with van der Waals surface area (Å²) in [5, 5.41) is 8.20. The number of benzene rings is 1. The first kappa shape index (κ1) is 19.3. The van der Waals surface area contributed by atoms with Gasteiger partial charge in [-0.1, -0.05) is 18.2 Å². The standard InChI is InChI=1S/C23H26N4O2S/c1-23(21(28)27(22(29)25-23)13-16-8-11-30-15-16)18-6-9-26(10-7-18)14-19-12-17-4-2-3-5-20(17)24-19/h2-5,8,11-12,15,18,24H,6-7,9-10,13-14H2,1H3,(H,25,29)/t23-/m1/s1. The van der Waals surface area contributed by atoms with Gasteiger partial charge in [-0.25, -0.2) is 4.79 Å². The molecule has 2 fully saturated rings. The number of rotatable bonds is 5. The number of para-hydroxylation sites is 1. The van der Waals surface area contributed by atoms with Crippen molar-refractivity contribution in [1.29, 1.82) is 0 Å². The summed E-state index contributed by atoms with van der Waals surface area (Å²) in [7, 11) is 0. The third kappa shape index (κ3) is 3.42. The van der Waals surface area contributed by atoms with Gasteiger partial charge in [-0.3, -0.25) is 14.6 Å². The number of imide groups is 1. The van der Waals surface area contributed by atoms with Crippen molar-refractivity contribution in [3.63, 3.8) is 0 Å². The minimum atomic E-state index is -0.805. The second-order valence-corrected chi connectivity index (χ2v) is 9.37. The Morgan fingerprint density at radius 3 is 2.67 bits per heavy atom. The second-order valence-electron chi connectivity index (χ2n) is 8.59. The van der Waals surface area contributed by atoms with E-state index in [1.54, 1.807) is 11.3 Å². The first-order valence-corrected chi connectivity index (χ1v) is 11.4. The van der Waals surface area contributed by atoms with Crippen LogP contribution in [0.4, 0.5) is 4.79 Å². The van der Waals surface area contributed by atoms with Crippen molar-refractivity contribution in [2.24, 2.45) is 5.92 Å². The highest BCUT2D eigenvalue weighted by Gasteiger charge is 2.52. The molecule has 2 aromatic heterocycles. The third-order valence-corrected chi connectivity index (χ3v) is 7.34. The van der Waals surface area contributed by atoms with E-state index >= 15 is 0 Å². The maximum Gasteiger partial charge on any atom is 0.325 e. The summed E-state index contributed by atoms with van der Waals surface area (Å²) >= 11 is 1.58. The maximum atomic E-state index is 13.2. The SMILES string of the molecule is C[C@]1(C2CCN(Cc3cc4ccccc4[nH]3)CC2)NC(=O)N(Cc2ccsc2)C1=O. The van der Waals surface area contributed by atoms with E-state index in [1.165, 1.54) is 21.5 Å². The van der Waals surface area contributed by atoms with Gasteiger partial charge >= 0.3 is 6.03 Å². The number of hydrogen-bond acceptors (Lipinski definition) is 4. The molecule has 0 bridgehead atoms. The largest absolute Gasteiger partial charge is 0.357 e. The van der Waals surface area contributed by atoms with Gasteiger partial charge in [0.25, 0.3) is 5.91 Å². The van der Waals surface area contributed by atoms with E-state index in [-0.39, 0.29) is 17.9 Å². The summed E-state index contributed by atoms with van der Waals surface area (Å²) < 4.78 is 0. The first-order chi connectivity index (χ1) is 14.5. The Morgan fingerprint density at radius 1 is 1.13 bits per heavy atom. The Labute approximate surface area is 179 Å². The molecule has 7 heteroatoms. The lowest BCUT2D eigenvalue weighted by Crippen LogP contribution is -2.53. The van der Waals surface area contributed by atoms with E-state index in [4.69, 9.17) is 0 Å². The number of amides is 3. The number of aromatic amines is 1. The molecule has 1 atom stereocenters. The molecule has 0 saturated carbocycles. The number of nitrogens with zero attached hydrogens (tertiary/aromatic N) is 2. The number of carbonyl (C=O) groups is 2. The van der Waals surface area contributed by atoms with Gasteiger partial charge in [0.15, 0.2) is 0 Å². The Hall–Kier alpha value is -2.64. The van der Waals surface area contributed by atoms with Gasteiger partial charge in [-0.2, -0.15) is 11.3 Å². The Morgan fingerprint density at radius 2 is 1.93 bits per heavy atom. The molecule has 2 N–H and O–H groups in total. The fraction of sp³-hybridized carbons (Fsp3) is 0.391. The number of likely N-dealkylation sites (tertiary alicyclic amines) is 1. The van der Waals surface area contributed by atoms with Crippen molar-refractivity contribution in [2.75, 3.05) is 13.1 Å². The van der Waals surface area contributed by atoms with Crippen LogP contribution in [0.5, 0.6) is 0 Å². The number of hydrogen-bond donors (Lipinski definition) is 2. The van der Waals surface area contributed by atoms with Gasteiger partial charge in [0, 0.05) is 17.8 Å². The van der Waals surface area contributed by atoms with Gasteiger partial charge in [-0.05, 0) is 78.7 Å². The summed E-state index contributed by atoms with van der Waals surface area (Å²) in [6.45, 7) is 4.97. The highest BCUT2D eigenvalue weighted by Crippen LogP contribution is 2.34. The maximum absolute atomic E-state index is 13.2. The predicted octanol–water partition coefficient (Wildman–Crippen LogP) is 3.95.